The maximum atomic E-state index is 12.2. The number of nitrogens with zero attached hydrogens (tertiary/aromatic N) is 1. The van der Waals surface area contributed by atoms with Gasteiger partial charge in [0, 0.05) is 13.1 Å². The van der Waals surface area contributed by atoms with Crippen molar-refractivity contribution in [3.05, 3.63) is 0 Å². The molecule has 1 saturated carbocycles. The molecule has 7 heteroatoms. The molecule has 2 aliphatic rings. The van der Waals surface area contributed by atoms with E-state index in [1.807, 2.05) is 20.8 Å². The smallest absolute Gasteiger partial charge is 0.410 e. The molecule has 0 aromatic carbocycles. The summed E-state index contributed by atoms with van der Waals surface area (Å²) in [4.78, 5) is 38.1. The van der Waals surface area contributed by atoms with Crippen LogP contribution in [-0.2, 0) is 23.8 Å². The highest BCUT2D eigenvalue weighted by molar-refractivity contribution is 6.00. The summed E-state index contributed by atoms with van der Waals surface area (Å²) in [5.41, 5.74) is -1.78. The number of amides is 1. The Bertz CT molecular complexity index is 477. The molecular formula is C16H25NO6. The normalized spacial score (nSPS) is 25.7. The van der Waals surface area contributed by atoms with E-state index in [9.17, 15) is 14.4 Å². The van der Waals surface area contributed by atoms with Crippen molar-refractivity contribution in [1.82, 2.24) is 4.90 Å². The molecule has 0 spiro atoms. The van der Waals surface area contributed by atoms with Gasteiger partial charge in [0.2, 0.25) is 0 Å². The van der Waals surface area contributed by atoms with Gasteiger partial charge in [-0.05, 0) is 45.4 Å². The maximum Gasteiger partial charge on any atom is 0.410 e. The van der Waals surface area contributed by atoms with Crippen molar-refractivity contribution in [2.24, 2.45) is 17.3 Å². The summed E-state index contributed by atoms with van der Waals surface area (Å²) < 4.78 is 15.0. The zero-order valence-electron chi connectivity index (χ0n) is 14.4. The van der Waals surface area contributed by atoms with Crippen LogP contribution >= 0.6 is 0 Å². The van der Waals surface area contributed by atoms with E-state index in [2.05, 4.69) is 0 Å². The average Bonchev–Trinajstić information content (AvgIpc) is 3.00. The first-order valence-corrected chi connectivity index (χ1v) is 7.77. The predicted molar refractivity (Wildman–Crippen MR) is 80.5 cm³/mol. The molecule has 1 aliphatic carbocycles. The molecule has 0 N–H and O–H groups in total. The second-order valence-corrected chi connectivity index (χ2v) is 7.38. The van der Waals surface area contributed by atoms with E-state index in [4.69, 9.17) is 14.2 Å². The number of methoxy groups -OCH3 is 2. The van der Waals surface area contributed by atoms with Gasteiger partial charge in [-0.15, -0.1) is 0 Å². The number of carbonyl (C=O) groups is 3. The van der Waals surface area contributed by atoms with Gasteiger partial charge >= 0.3 is 18.0 Å². The Morgan fingerprint density at radius 3 is 1.74 bits per heavy atom. The first-order valence-electron chi connectivity index (χ1n) is 7.77. The lowest BCUT2D eigenvalue weighted by molar-refractivity contribution is -0.169. The zero-order chi connectivity index (χ0) is 17.4. The third-order valence-corrected chi connectivity index (χ3v) is 4.60. The molecule has 23 heavy (non-hydrogen) atoms. The summed E-state index contributed by atoms with van der Waals surface area (Å²) in [5.74, 6) is -0.966. The van der Waals surface area contributed by atoms with Gasteiger partial charge in [0.1, 0.15) is 5.60 Å². The van der Waals surface area contributed by atoms with Crippen molar-refractivity contribution < 1.29 is 28.6 Å². The summed E-state index contributed by atoms with van der Waals surface area (Å²) in [5, 5.41) is 0. The van der Waals surface area contributed by atoms with Gasteiger partial charge in [-0.2, -0.15) is 0 Å². The van der Waals surface area contributed by atoms with Crippen LogP contribution in [0.5, 0.6) is 0 Å². The Kier molecular flexibility index (Phi) is 4.59. The minimum Gasteiger partial charge on any atom is -0.468 e. The van der Waals surface area contributed by atoms with Gasteiger partial charge in [0.05, 0.1) is 14.2 Å². The number of carbonyl (C=O) groups excluding carboxylic acids is 3. The molecule has 2 fully saturated rings. The fourth-order valence-electron chi connectivity index (χ4n) is 3.66. The summed E-state index contributed by atoms with van der Waals surface area (Å²) in [6.45, 7) is 6.43. The van der Waals surface area contributed by atoms with E-state index in [0.29, 0.717) is 25.9 Å². The monoisotopic (exact) mass is 327 g/mol. The number of rotatable bonds is 2. The maximum absolute atomic E-state index is 12.2. The minimum atomic E-state index is -1.24. The molecule has 1 heterocycles. The molecule has 0 aromatic rings. The van der Waals surface area contributed by atoms with Crippen LogP contribution in [0.2, 0.25) is 0 Å². The Balaban J connectivity index is 2.07. The Hall–Kier alpha value is -1.79. The van der Waals surface area contributed by atoms with Crippen molar-refractivity contribution in [2.45, 2.75) is 39.2 Å². The molecule has 130 valence electrons. The number of likely N-dealkylation sites (tertiary alicyclic amines) is 1. The Labute approximate surface area is 136 Å². The van der Waals surface area contributed by atoms with Gasteiger partial charge in [0.15, 0.2) is 5.41 Å². The second-order valence-electron chi connectivity index (χ2n) is 7.38. The van der Waals surface area contributed by atoms with Gasteiger partial charge in [-0.3, -0.25) is 9.59 Å². The van der Waals surface area contributed by atoms with Crippen LogP contribution in [0.3, 0.4) is 0 Å². The molecule has 0 aromatic heterocycles. The van der Waals surface area contributed by atoms with Gasteiger partial charge in [-0.25, -0.2) is 4.79 Å². The molecule has 1 amide bonds. The zero-order valence-corrected chi connectivity index (χ0v) is 14.4. The molecule has 2 atom stereocenters. The first kappa shape index (κ1) is 17.6. The van der Waals surface area contributed by atoms with E-state index in [-0.39, 0.29) is 17.9 Å². The Morgan fingerprint density at radius 2 is 1.39 bits per heavy atom. The van der Waals surface area contributed by atoms with E-state index in [1.165, 1.54) is 14.2 Å². The van der Waals surface area contributed by atoms with E-state index in [0.717, 1.165) is 0 Å². The third-order valence-electron chi connectivity index (χ3n) is 4.60. The molecule has 0 bridgehead atoms. The standard InChI is InChI=1S/C16H25NO6/c1-15(2,3)23-14(20)17-8-10-6-16(12(18)21-4,13(19)22-5)7-11(10)9-17/h10-11H,6-9H2,1-5H3/t10-,11+. The number of hydrogen-bond donors (Lipinski definition) is 0. The predicted octanol–water partition coefficient (Wildman–Crippen LogP) is 1.60. The second kappa shape index (κ2) is 6.02. The van der Waals surface area contributed by atoms with Crippen LogP contribution in [0.15, 0.2) is 0 Å². The van der Waals surface area contributed by atoms with Crippen LogP contribution < -0.4 is 0 Å². The van der Waals surface area contributed by atoms with Gasteiger partial charge in [-0.1, -0.05) is 0 Å². The van der Waals surface area contributed by atoms with Gasteiger partial charge < -0.3 is 19.1 Å². The third kappa shape index (κ3) is 3.28. The van der Waals surface area contributed by atoms with Crippen molar-refractivity contribution in [3.8, 4) is 0 Å². The lowest BCUT2D eigenvalue weighted by Crippen LogP contribution is -2.42. The number of esters is 2. The number of ether oxygens (including phenoxy) is 3. The number of fused-ring (bicyclic) bond motifs is 1. The van der Waals surface area contributed by atoms with Crippen LogP contribution in [0.25, 0.3) is 0 Å². The molecule has 7 nitrogen and oxygen atoms in total. The topological polar surface area (TPSA) is 82.1 Å². The van der Waals surface area contributed by atoms with Crippen molar-refractivity contribution >= 4 is 18.0 Å². The summed E-state index contributed by atoms with van der Waals surface area (Å²) in [7, 11) is 2.54. The molecule has 0 radical (unpaired) electrons. The highest BCUT2D eigenvalue weighted by Gasteiger charge is 2.59. The summed E-state index contributed by atoms with van der Waals surface area (Å²) in [6.07, 6.45) is 0.334. The lowest BCUT2D eigenvalue weighted by Gasteiger charge is -2.27. The lowest BCUT2D eigenvalue weighted by atomic mass is 9.84. The van der Waals surface area contributed by atoms with E-state index < -0.39 is 23.0 Å². The molecule has 2 rings (SSSR count). The fraction of sp³-hybridized carbons (Fsp3) is 0.812. The van der Waals surface area contributed by atoms with Crippen molar-refractivity contribution in [3.63, 3.8) is 0 Å². The highest BCUT2D eigenvalue weighted by Crippen LogP contribution is 2.50. The van der Waals surface area contributed by atoms with Crippen LogP contribution in [0.4, 0.5) is 4.79 Å². The summed E-state index contributed by atoms with van der Waals surface area (Å²) in [6, 6.07) is 0. The largest absolute Gasteiger partial charge is 0.468 e. The van der Waals surface area contributed by atoms with Crippen molar-refractivity contribution in [2.75, 3.05) is 27.3 Å². The Morgan fingerprint density at radius 1 is 0.957 bits per heavy atom. The quantitative estimate of drug-likeness (QED) is 0.435. The van der Waals surface area contributed by atoms with Crippen molar-refractivity contribution in [1.29, 1.82) is 0 Å². The van der Waals surface area contributed by atoms with Crippen LogP contribution in [-0.4, -0.2) is 55.8 Å². The molecule has 1 aliphatic heterocycles. The van der Waals surface area contributed by atoms with E-state index >= 15 is 0 Å². The fourth-order valence-corrected chi connectivity index (χ4v) is 3.66. The number of hydrogen-bond acceptors (Lipinski definition) is 6. The highest BCUT2D eigenvalue weighted by atomic mass is 16.6. The summed E-state index contributed by atoms with van der Waals surface area (Å²) >= 11 is 0. The van der Waals surface area contributed by atoms with Gasteiger partial charge in [0.25, 0.3) is 0 Å². The molecule has 1 saturated heterocycles. The van der Waals surface area contributed by atoms with Crippen LogP contribution in [0, 0.1) is 17.3 Å². The minimum absolute atomic E-state index is 0.0701. The van der Waals surface area contributed by atoms with E-state index in [1.54, 1.807) is 4.90 Å². The SMILES string of the molecule is COC(=O)C1(C(=O)OC)C[C@H]2CN(C(=O)OC(C)(C)C)C[C@H]2C1. The molecular weight excluding hydrogens is 302 g/mol. The first-order chi connectivity index (χ1) is 10.6. The average molecular weight is 327 g/mol. The molecule has 0 unspecified atom stereocenters. The van der Waals surface area contributed by atoms with Crippen LogP contribution in [0.1, 0.15) is 33.6 Å².